The van der Waals surface area contributed by atoms with Crippen LogP contribution in [0.5, 0.6) is 0 Å². The smallest absolute Gasteiger partial charge is 0.145 e. The molecule has 0 amide bonds. The third-order valence-corrected chi connectivity index (χ3v) is 10.5. The number of hydrogen-bond donors (Lipinski definition) is 0. The lowest BCUT2D eigenvalue weighted by atomic mass is 10.0. The number of imidazole rings is 3. The predicted molar refractivity (Wildman–Crippen MR) is 230 cm³/mol. The van der Waals surface area contributed by atoms with Gasteiger partial charge in [0.05, 0.1) is 50.2 Å². The maximum atomic E-state index is 5.23. The van der Waals surface area contributed by atoms with Crippen molar-refractivity contribution in [3.05, 3.63) is 200 Å². The van der Waals surface area contributed by atoms with Crippen LogP contribution in [0.1, 0.15) is 0 Å². The first-order chi connectivity index (χ1) is 28.3. The van der Waals surface area contributed by atoms with Crippen molar-refractivity contribution in [2.75, 3.05) is 0 Å². The van der Waals surface area contributed by atoms with Crippen LogP contribution in [0.3, 0.4) is 0 Å². The van der Waals surface area contributed by atoms with Gasteiger partial charge in [-0.25, -0.2) is 15.0 Å². The molecule has 0 aliphatic heterocycles. The number of aromatic nitrogens is 7. The molecule has 11 aromatic rings. The molecule has 7 heteroatoms. The first-order valence-corrected chi connectivity index (χ1v) is 19.0. The maximum Gasteiger partial charge on any atom is 0.145 e. The number of rotatable bonds is 7. The van der Waals surface area contributed by atoms with Gasteiger partial charge in [-0.1, -0.05) is 127 Å². The minimum Gasteiger partial charge on any atom is -0.292 e. The average Bonchev–Trinajstić information content (AvgIpc) is 3.99. The van der Waals surface area contributed by atoms with E-state index in [1.54, 1.807) is 0 Å². The number of nitrogens with zero attached hydrogens (tertiary/aromatic N) is 7. The largest absolute Gasteiger partial charge is 0.292 e. The molecule has 0 radical (unpaired) electrons. The molecule has 57 heavy (non-hydrogen) atoms. The van der Waals surface area contributed by atoms with Crippen molar-refractivity contribution in [2.24, 2.45) is 0 Å². The summed E-state index contributed by atoms with van der Waals surface area (Å²) in [5.74, 6) is 2.58. The second-order valence-electron chi connectivity index (χ2n) is 14.0. The molecule has 0 unspecified atom stereocenters. The minimum atomic E-state index is 0.858. The molecule has 11 rings (SSSR count). The average molecular weight is 732 g/mol. The molecule has 4 aromatic heterocycles. The van der Waals surface area contributed by atoms with Crippen molar-refractivity contribution in [2.45, 2.75) is 0 Å². The zero-order valence-electron chi connectivity index (χ0n) is 30.7. The molecule has 4 heterocycles. The fourth-order valence-corrected chi connectivity index (χ4v) is 8.00. The van der Waals surface area contributed by atoms with Crippen LogP contribution in [-0.4, -0.2) is 33.6 Å². The summed E-state index contributed by atoms with van der Waals surface area (Å²) in [6, 6.07) is 65.0. The second-order valence-corrected chi connectivity index (χ2v) is 14.0. The van der Waals surface area contributed by atoms with E-state index in [9.17, 15) is 0 Å². The fraction of sp³-hybridized carbons (Fsp3) is 0. The van der Waals surface area contributed by atoms with Gasteiger partial charge in [0, 0.05) is 34.6 Å². The number of hydrogen-bond acceptors (Lipinski definition) is 4. The van der Waals surface area contributed by atoms with Crippen LogP contribution in [0.2, 0.25) is 0 Å². The van der Waals surface area contributed by atoms with Gasteiger partial charge in [-0.05, 0) is 66.2 Å². The van der Waals surface area contributed by atoms with E-state index in [0.717, 1.165) is 95.5 Å². The zero-order valence-corrected chi connectivity index (χ0v) is 30.7. The Bertz CT molecular complexity index is 3100. The van der Waals surface area contributed by atoms with Gasteiger partial charge < -0.3 is 0 Å². The van der Waals surface area contributed by atoms with E-state index < -0.39 is 0 Å². The van der Waals surface area contributed by atoms with Gasteiger partial charge in [0.2, 0.25) is 0 Å². The molecule has 0 saturated carbocycles. The van der Waals surface area contributed by atoms with Crippen molar-refractivity contribution in [3.63, 3.8) is 0 Å². The Balaban J connectivity index is 1.24. The van der Waals surface area contributed by atoms with Gasteiger partial charge in [-0.2, -0.15) is 0 Å². The highest BCUT2D eigenvalue weighted by atomic mass is 15.1. The zero-order chi connectivity index (χ0) is 37.7. The van der Waals surface area contributed by atoms with Crippen LogP contribution < -0.4 is 0 Å². The third kappa shape index (κ3) is 5.52. The van der Waals surface area contributed by atoms with Gasteiger partial charge in [0.1, 0.15) is 17.5 Å². The van der Waals surface area contributed by atoms with Crippen molar-refractivity contribution in [3.8, 4) is 62.4 Å². The van der Waals surface area contributed by atoms with Gasteiger partial charge in [0.25, 0.3) is 0 Å². The second kappa shape index (κ2) is 13.4. The first-order valence-electron chi connectivity index (χ1n) is 19.0. The lowest BCUT2D eigenvalue weighted by Crippen LogP contribution is -2.05. The lowest BCUT2D eigenvalue weighted by Gasteiger charge is -2.19. The predicted octanol–water partition coefficient (Wildman–Crippen LogP) is 11.8. The van der Waals surface area contributed by atoms with E-state index in [4.69, 9.17) is 19.9 Å². The molecule has 268 valence electrons. The molecule has 7 aromatic carbocycles. The summed E-state index contributed by atoms with van der Waals surface area (Å²) in [6.45, 7) is 0. The molecule has 0 N–H and O–H groups in total. The van der Waals surface area contributed by atoms with Crippen LogP contribution >= 0.6 is 0 Å². The van der Waals surface area contributed by atoms with E-state index in [2.05, 4.69) is 165 Å². The maximum absolute atomic E-state index is 5.23. The van der Waals surface area contributed by atoms with Crippen molar-refractivity contribution in [1.82, 2.24) is 33.6 Å². The van der Waals surface area contributed by atoms with Crippen LogP contribution in [0, 0.1) is 0 Å². The highest BCUT2D eigenvalue weighted by Crippen LogP contribution is 2.39. The van der Waals surface area contributed by atoms with Crippen molar-refractivity contribution >= 4 is 33.1 Å². The number of para-hydroxylation sites is 6. The Kier molecular flexibility index (Phi) is 7.67. The number of benzene rings is 7. The highest BCUT2D eigenvalue weighted by molar-refractivity contribution is 5.90. The van der Waals surface area contributed by atoms with Crippen LogP contribution in [0.4, 0.5) is 0 Å². The third-order valence-electron chi connectivity index (χ3n) is 10.5. The Hall–Kier alpha value is -7.90. The van der Waals surface area contributed by atoms with E-state index in [1.807, 2.05) is 48.8 Å². The Morgan fingerprint density at radius 3 is 1.18 bits per heavy atom. The first kappa shape index (κ1) is 32.5. The summed E-state index contributed by atoms with van der Waals surface area (Å²) in [4.78, 5) is 20.4. The summed E-state index contributed by atoms with van der Waals surface area (Å²) >= 11 is 0. The molecule has 0 saturated heterocycles. The fourth-order valence-electron chi connectivity index (χ4n) is 8.00. The van der Waals surface area contributed by atoms with Gasteiger partial charge >= 0.3 is 0 Å². The van der Waals surface area contributed by atoms with Gasteiger partial charge in [-0.15, -0.1) is 0 Å². The topological polar surface area (TPSA) is 66.3 Å². The molecule has 7 nitrogen and oxygen atoms in total. The van der Waals surface area contributed by atoms with Crippen LogP contribution in [0.15, 0.2) is 200 Å². The molecule has 0 atom stereocenters. The molecular formula is C50H33N7. The summed E-state index contributed by atoms with van der Waals surface area (Å²) in [5, 5.41) is 0. The van der Waals surface area contributed by atoms with Crippen LogP contribution in [-0.2, 0) is 0 Å². The van der Waals surface area contributed by atoms with Crippen molar-refractivity contribution in [1.29, 1.82) is 0 Å². The molecule has 0 spiro atoms. The van der Waals surface area contributed by atoms with Crippen LogP contribution in [0.25, 0.3) is 95.5 Å². The van der Waals surface area contributed by atoms with Gasteiger partial charge in [-0.3, -0.25) is 18.7 Å². The quantitative estimate of drug-likeness (QED) is 0.164. The Morgan fingerprint density at radius 2 is 0.719 bits per heavy atom. The number of fused-ring (bicyclic) bond motifs is 3. The Morgan fingerprint density at radius 1 is 0.333 bits per heavy atom. The normalized spacial score (nSPS) is 11.5. The van der Waals surface area contributed by atoms with E-state index in [1.165, 1.54) is 0 Å². The van der Waals surface area contributed by atoms with E-state index >= 15 is 0 Å². The number of pyridine rings is 1. The molecule has 0 bridgehead atoms. The summed E-state index contributed by atoms with van der Waals surface area (Å²) in [5.41, 5.74) is 13.7. The lowest BCUT2D eigenvalue weighted by molar-refractivity contribution is 1.06. The summed E-state index contributed by atoms with van der Waals surface area (Å²) in [7, 11) is 0. The molecule has 0 fully saturated rings. The van der Waals surface area contributed by atoms with E-state index in [-0.39, 0.29) is 0 Å². The van der Waals surface area contributed by atoms with Gasteiger partial charge in [0.15, 0.2) is 0 Å². The minimum absolute atomic E-state index is 0.858. The molecule has 0 aliphatic rings. The molecular weight excluding hydrogens is 699 g/mol. The standard InChI is InChI=1S/C50H33N7/c1-4-16-34(17-5-1)48-52-41-22-10-13-25-45(41)55(48)38-30-37(31-39(32-38)56-46-26-14-11-23-42(46)53-49(56)35-18-6-2-7-19-35)40-33-51-29-28-44(40)57-47-27-15-12-24-43(47)54-50(57)36-20-8-3-9-21-36/h1-33H. The SMILES string of the molecule is c1ccc(-c2nc3ccccc3n2-c2cc(-c3cnccc3-n3c(-c4ccccc4)nc4ccccc43)cc(-n3c(-c4ccccc4)nc4ccccc43)c2)cc1. The van der Waals surface area contributed by atoms with Crippen molar-refractivity contribution < 1.29 is 0 Å². The summed E-state index contributed by atoms with van der Waals surface area (Å²) in [6.07, 6.45) is 3.83. The van der Waals surface area contributed by atoms with E-state index in [0.29, 0.717) is 0 Å². The molecule has 0 aliphatic carbocycles. The monoisotopic (exact) mass is 731 g/mol. The summed E-state index contributed by atoms with van der Waals surface area (Å²) < 4.78 is 6.81. The Labute approximate surface area is 328 Å². The highest BCUT2D eigenvalue weighted by Gasteiger charge is 2.22.